The number of hydrogen-bond acceptors (Lipinski definition) is 4. The van der Waals surface area contributed by atoms with Crippen molar-refractivity contribution in [2.45, 2.75) is 26.8 Å². The van der Waals surface area contributed by atoms with Crippen molar-refractivity contribution in [1.82, 2.24) is 4.57 Å². The lowest BCUT2D eigenvalue weighted by Crippen LogP contribution is -2.25. The maximum Gasteiger partial charge on any atom is 0.271 e. The lowest BCUT2D eigenvalue weighted by molar-refractivity contribution is 0.403. The second-order valence-corrected chi connectivity index (χ2v) is 6.48. The molecule has 1 aromatic heterocycles. The number of hydrogen-bond donors (Lipinski definition) is 1. The molecule has 5 nitrogen and oxygen atoms in total. The molecular formula is C23H21N3O2. The summed E-state index contributed by atoms with van der Waals surface area (Å²) in [5, 5.41) is 19.9. The Hall–Kier alpha value is -3.65. The van der Waals surface area contributed by atoms with Crippen LogP contribution in [0.1, 0.15) is 30.0 Å². The summed E-state index contributed by atoms with van der Waals surface area (Å²) in [5.74, 6) is -0.159. The summed E-state index contributed by atoms with van der Waals surface area (Å²) in [7, 11) is 0. The zero-order chi connectivity index (χ0) is 20.1. The van der Waals surface area contributed by atoms with Crippen molar-refractivity contribution in [3.63, 3.8) is 0 Å². The molecule has 0 fully saturated rings. The Bertz CT molecular complexity index is 1110. The van der Waals surface area contributed by atoms with Gasteiger partial charge < -0.3 is 5.11 Å². The third kappa shape index (κ3) is 3.72. The van der Waals surface area contributed by atoms with Gasteiger partial charge in [-0.3, -0.25) is 14.4 Å². The van der Waals surface area contributed by atoms with E-state index < -0.39 is 5.56 Å². The highest BCUT2D eigenvalue weighted by atomic mass is 16.3. The Morgan fingerprint density at radius 1 is 1.11 bits per heavy atom. The summed E-state index contributed by atoms with van der Waals surface area (Å²) < 4.78 is 1.23. The standard InChI is InChI=1S/C23H21N3O2/c1-3-13-26-22(27)20(14-24)16(2)21(23(26)28)15-25-19-11-9-18(10-12-19)17-7-5-4-6-8-17/h4-12,15,28H,3,13H2,1-2H3. The van der Waals surface area contributed by atoms with Gasteiger partial charge in [-0.05, 0) is 42.2 Å². The van der Waals surface area contributed by atoms with E-state index in [0.717, 1.165) is 11.1 Å². The topological polar surface area (TPSA) is 78.4 Å². The van der Waals surface area contributed by atoms with Crippen LogP contribution in [0.3, 0.4) is 0 Å². The van der Waals surface area contributed by atoms with E-state index in [4.69, 9.17) is 0 Å². The van der Waals surface area contributed by atoms with E-state index in [0.29, 0.717) is 29.8 Å². The van der Waals surface area contributed by atoms with Crippen LogP contribution in [0.5, 0.6) is 5.88 Å². The van der Waals surface area contributed by atoms with Gasteiger partial charge in [-0.2, -0.15) is 5.26 Å². The molecule has 1 heterocycles. The highest BCUT2D eigenvalue weighted by Gasteiger charge is 2.17. The molecule has 140 valence electrons. The molecule has 0 amide bonds. The largest absolute Gasteiger partial charge is 0.494 e. The van der Waals surface area contributed by atoms with Gasteiger partial charge >= 0.3 is 0 Å². The summed E-state index contributed by atoms with van der Waals surface area (Å²) in [5.41, 5.74) is 3.30. The van der Waals surface area contributed by atoms with E-state index in [-0.39, 0.29) is 11.4 Å². The fourth-order valence-electron chi connectivity index (χ4n) is 3.07. The van der Waals surface area contributed by atoms with Gasteiger partial charge in [0.05, 0.1) is 11.3 Å². The number of pyridine rings is 1. The van der Waals surface area contributed by atoms with Crippen molar-refractivity contribution >= 4 is 11.9 Å². The molecular weight excluding hydrogens is 350 g/mol. The first-order chi connectivity index (χ1) is 13.6. The molecule has 0 aliphatic rings. The minimum absolute atomic E-state index is 0.0344. The van der Waals surface area contributed by atoms with Gasteiger partial charge in [0, 0.05) is 12.8 Å². The van der Waals surface area contributed by atoms with E-state index in [2.05, 4.69) is 4.99 Å². The van der Waals surface area contributed by atoms with Crippen LogP contribution < -0.4 is 5.56 Å². The van der Waals surface area contributed by atoms with Gasteiger partial charge in [-0.15, -0.1) is 0 Å². The van der Waals surface area contributed by atoms with Crippen molar-refractivity contribution < 1.29 is 5.11 Å². The highest BCUT2D eigenvalue weighted by molar-refractivity contribution is 5.87. The summed E-state index contributed by atoms with van der Waals surface area (Å²) in [6.07, 6.45) is 2.17. The predicted octanol–water partition coefficient (Wildman–Crippen LogP) is 4.56. The summed E-state index contributed by atoms with van der Waals surface area (Å²) in [6.45, 7) is 3.89. The Kier molecular flexibility index (Phi) is 5.71. The molecule has 1 N–H and O–H groups in total. The zero-order valence-electron chi connectivity index (χ0n) is 15.9. The first kappa shape index (κ1) is 19.1. The minimum Gasteiger partial charge on any atom is -0.494 e. The molecule has 3 rings (SSSR count). The molecule has 0 saturated carbocycles. The number of rotatable bonds is 5. The maximum absolute atomic E-state index is 12.4. The van der Waals surface area contributed by atoms with E-state index in [1.165, 1.54) is 10.8 Å². The van der Waals surface area contributed by atoms with Crippen LogP contribution in [-0.2, 0) is 6.54 Å². The number of aromatic hydroxyl groups is 1. The van der Waals surface area contributed by atoms with Crippen LogP contribution in [0.2, 0.25) is 0 Å². The number of nitriles is 1. The van der Waals surface area contributed by atoms with E-state index in [1.807, 2.05) is 67.6 Å². The first-order valence-corrected chi connectivity index (χ1v) is 9.12. The van der Waals surface area contributed by atoms with Crippen molar-refractivity contribution in [3.05, 3.63) is 81.6 Å². The third-order valence-electron chi connectivity index (χ3n) is 4.61. The van der Waals surface area contributed by atoms with Crippen LogP contribution in [0, 0.1) is 18.3 Å². The van der Waals surface area contributed by atoms with Crippen LogP contribution in [-0.4, -0.2) is 15.9 Å². The van der Waals surface area contributed by atoms with Crippen molar-refractivity contribution in [1.29, 1.82) is 5.26 Å². The second kappa shape index (κ2) is 8.36. The van der Waals surface area contributed by atoms with Crippen LogP contribution in [0.25, 0.3) is 11.1 Å². The Labute approximate surface area is 163 Å². The number of aromatic nitrogens is 1. The molecule has 0 aliphatic carbocycles. The molecule has 0 aliphatic heterocycles. The van der Waals surface area contributed by atoms with E-state index >= 15 is 0 Å². The first-order valence-electron chi connectivity index (χ1n) is 9.12. The fraction of sp³-hybridized carbons (Fsp3) is 0.174. The predicted molar refractivity (Wildman–Crippen MR) is 111 cm³/mol. The third-order valence-corrected chi connectivity index (χ3v) is 4.61. The van der Waals surface area contributed by atoms with Crippen molar-refractivity contribution in [2.24, 2.45) is 4.99 Å². The van der Waals surface area contributed by atoms with Gasteiger partial charge in [0.1, 0.15) is 11.6 Å². The Morgan fingerprint density at radius 3 is 2.36 bits per heavy atom. The van der Waals surface area contributed by atoms with Gasteiger partial charge in [-0.1, -0.05) is 49.4 Å². The van der Waals surface area contributed by atoms with Gasteiger partial charge in [0.2, 0.25) is 5.88 Å². The molecule has 3 aromatic rings. The van der Waals surface area contributed by atoms with Gasteiger partial charge in [0.15, 0.2) is 0 Å². The second-order valence-electron chi connectivity index (χ2n) is 6.48. The molecule has 0 radical (unpaired) electrons. The van der Waals surface area contributed by atoms with E-state index in [9.17, 15) is 15.2 Å². The van der Waals surface area contributed by atoms with Crippen molar-refractivity contribution in [2.75, 3.05) is 0 Å². The zero-order valence-corrected chi connectivity index (χ0v) is 15.9. The van der Waals surface area contributed by atoms with Crippen molar-refractivity contribution in [3.8, 4) is 23.1 Å². The highest BCUT2D eigenvalue weighted by Crippen LogP contribution is 2.24. The molecule has 0 spiro atoms. The number of benzene rings is 2. The van der Waals surface area contributed by atoms with Gasteiger partial charge in [0.25, 0.3) is 5.56 Å². The van der Waals surface area contributed by atoms with Gasteiger partial charge in [-0.25, -0.2) is 0 Å². The SMILES string of the molecule is CCCn1c(O)c(C=Nc2ccc(-c3ccccc3)cc2)c(C)c(C#N)c1=O. The molecule has 28 heavy (non-hydrogen) atoms. The average molecular weight is 371 g/mol. The van der Waals surface area contributed by atoms with Crippen LogP contribution in [0.15, 0.2) is 64.4 Å². The van der Waals surface area contributed by atoms with Crippen LogP contribution >= 0.6 is 0 Å². The molecule has 5 heteroatoms. The summed E-state index contributed by atoms with van der Waals surface area (Å²) in [4.78, 5) is 16.8. The monoisotopic (exact) mass is 371 g/mol. The number of nitrogens with zero attached hydrogens (tertiary/aromatic N) is 3. The lowest BCUT2D eigenvalue weighted by atomic mass is 10.1. The number of aliphatic imine (C=N–C) groups is 1. The normalized spacial score (nSPS) is 10.9. The summed E-state index contributed by atoms with van der Waals surface area (Å²) >= 11 is 0. The summed E-state index contributed by atoms with van der Waals surface area (Å²) in [6, 6.07) is 19.7. The molecule has 0 bridgehead atoms. The maximum atomic E-state index is 12.4. The smallest absolute Gasteiger partial charge is 0.271 e. The quantitative estimate of drug-likeness (QED) is 0.668. The van der Waals surface area contributed by atoms with Crippen LogP contribution in [0.4, 0.5) is 5.69 Å². The Balaban J connectivity index is 1.97. The molecule has 0 saturated heterocycles. The Morgan fingerprint density at radius 2 is 1.75 bits per heavy atom. The fourth-order valence-corrected chi connectivity index (χ4v) is 3.07. The molecule has 0 atom stereocenters. The molecule has 0 unspecified atom stereocenters. The average Bonchev–Trinajstić information content (AvgIpc) is 2.72. The van der Waals surface area contributed by atoms with E-state index in [1.54, 1.807) is 6.92 Å². The lowest BCUT2D eigenvalue weighted by Gasteiger charge is -2.13. The molecule has 2 aromatic carbocycles. The minimum atomic E-state index is -0.469.